The Kier molecular flexibility index (Phi) is 5.21. The fourth-order valence-corrected chi connectivity index (χ4v) is 2.27. The number of alkyl halides is 2. The fraction of sp³-hybridized carbons (Fsp3) is 0.111. The molecule has 3 rings (SSSR count). The highest BCUT2D eigenvalue weighted by Crippen LogP contribution is 2.16. The normalized spacial score (nSPS) is 10.8. The van der Waals surface area contributed by atoms with E-state index in [0.717, 1.165) is 5.56 Å². The summed E-state index contributed by atoms with van der Waals surface area (Å²) in [6.07, 6.45) is 1.68. The number of hydrogen-bond acceptors (Lipinski definition) is 3. The smallest absolute Gasteiger partial charge is 0.387 e. The first-order valence-electron chi connectivity index (χ1n) is 7.64. The zero-order chi connectivity index (χ0) is 18.5. The summed E-state index contributed by atoms with van der Waals surface area (Å²) in [4.78, 5) is 12.2. The molecule has 0 aliphatic heterocycles. The summed E-state index contributed by atoms with van der Waals surface area (Å²) in [5.41, 5.74) is 1.14. The molecule has 0 saturated heterocycles. The second-order valence-electron chi connectivity index (χ2n) is 5.38. The van der Waals surface area contributed by atoms with Crippen molar-refractivity contribution >= 4 is 11.7 Å². The van der Waals surface area contributed by atoms with Gasteiger partial charge < -0.3 is 10.1 Å². The van der Waals surface area contributed by atoms with Crippen molar-refractivity contribution in [3.63, 3.8) is 0 Å². The molecule has 0 bridgehead atoms. The van der Waals surface area contributed by atoms with Crippen LogP contribution < -0.4 is 10.1 Å². The molecule has 3 aromatic rings. The lowest BCUT2D eigenvalue weighted by Gasteiger charge is -2.06. The third kappa shape index (κ3) is 4.62. The van der Waals surface area contributed by atoms with Crippen molar-refractivity contribution in [3.8, 4) is 5.75 Å². The summed E-state index contributed by atoms with van der Waals surface area (Å²) >= 11 is 0. The van der Waals surface area contributed by atoms with Gasteiger partial charge >= 0.3 is 6.61 Å². The SMILES string of the molecule is O=C(Nc1ccn(Cc2ccc(F)cc2)n1)c1ccc(OC(F)F)cc1. The Morgan fingerprint density at radius 1 is 1.08 bits per heavy atom. The fourth-order valence-electron chi connectivity index (χ4n) is 2.27. The maximum absolute atomic E-state index is 12.9. The van der Waals surface area contributed by atoms with E-state index in [1.165, 1.54) is 36.4 Å². The highest BCUT2D eigenvalue weighted by Gasteiger charge is 2.10. The van der Waals surface area contributed by atoms with Crippen molar-refractivity contribution < 1.29 is 22.7 Å². The number of ether oxygens (including phenoxy) is 1. The molecule has 1 amide bonds. The Hall–Kier alpha value is -3.29. The van der Waals surface area contributed by atoms with Crippen LogP contribution in [0.5, 0.6) is 5.75 Å². The molecule has 0 fully saturated rings. The Morgan fingerprint density at radius 2 is 1.77 bits per heavy atom. The number of nitrogens with one attached hydrogen (secondary N) is 1. The highest BCUT2D eigenvalue weighted by atomic mass is 19.3. The lowest BCUT2D eigenvalue weighted by Crippen LogP contribution is -2.13. The van der Waals surface area contributed by atoms with Gasteiger partial charge in [-0.1, -0.05) is 12.1 Å². The van der Waals surface area contributed by atoms with E-state index in [2.05, 4.69) is 15.2 Å². The van der Waals surface area contributed by atoms with Crippen LogP contribution in [0.15, 0.2) is 60.8 Å². The van der Waals surface area contributed by atoms with Gasteiger partial charge in [-0.05, 0) is 42.0 Å². The lowest BCUT2D eigenvalue weighted by molar-refractivity contribution is -0.0498. The Morgan fingerprint density at radius 3 is 2.42 bits per heavy atom. The van der Waals surface area contributed by atoms with E-state index in [9.17, 15) is 18.0 Å². The van der Waals surface area contributed by atoms with Crippen molar-refractivity contribution in [2.45, 2.75) is 13.2 Å². The maximum Gasteiger partial charge on any atom is 0.387 e. The molecular formula is C18H14F3N3O2. The molecule has 2 aromatic carbocycles. The van der Waals surface area contributed by atoms with Crippen LogP contribution >= 0.6 is 0 Å². The van der Waals surface area contributed by atoms with Crippen LogP contribution in [0.25, 0.3) is 0 Å². The molecule has 5 nitrogen and oxygen atoms in total. The topological polar surface area (TPSA) is 56.2 Å². The Balaban J connectivity index is 1.61. The van der Waals surface area contributed by atoms with Gasteiger partial charge in [0, 0.05) is 17.8 Å². The summed E-state index contributed by atoms with van der Waals surface area (Å²) in [7, 11) is 0. The Bertz CT molecular complexity index is 877. The quantitative estimate of drug-likeness (QED) is 0.724. The number of amides is 1. The van der Waals surface area contributed by atoms with E-state index < -0.39 is 12.5 Å². The molecule has 1 N–H and O–H groups in total. The number of anilines is 1. The van der Waals surface area contributed by atoms with Gasteiger partial charge in [0.1, 0.15) is 11.6 Å². The third-order valence-electron chi connectivity index (χ3n) is 3.48. The first-order chi connectivity index (χ1) is 12.5. The summed E-state index contributed by atoms with van der Waals surface area (Å²) in [5, 5.41) is 6.83. The van der Waals surface area contributed by atoms with Gasteiger partial charge in [0.2, 0.25) is 0 Å². The maximum atomic E-state index is 12.9. The molecular weight excluding hydrogens is 347 g/mol. The van der Waals surface area contributed by atoms with E-state index in [-0.39, 0.29) is 17.1 Å². The van der Waals surface area contributed by atoms with E-state index in [0.29, 0.717) is 12.4 Å². The first kappa shape index (κ1) is 17.5. The average Bonchev–Trinajstić information content (AvgIpc) is 3.04. The molecule has 1 heterocycles. The highest BCUT2D eigenvalue weighted by molar-refractivity contribution is 6.03. The number of halogens is 3. The van der Waals surface area contributed by atoms with E-state index in [4.69, 9.17) is 0 Å². The van der Waals surface area contributed by atoms with Crippen LogP contribution in [0.2, 0.25) is 0 Å². The van der Waals surface area contributed by atoms with Crippen LogP contribution in [0, 0.1) is 5.82 Å². The molecule has 8 heteroatoms. The summed E-state index contributed by atoms with van der Waals surface area (Å²) in [5.74, 6) is -0.432. The number of carbonyl (C=O) groups excluding carboxylic acids is 1. The van der Waals surface area contributed by atoms with Gasteiger partial charge in [-0.15, -0.1) is 0 Å². The number of hydrogen-bond donors (Lipinski definition) is 1. The summed E-state index contributed by atoms with van der Waals surface area (Å²) < 4.78 is 43.0. The molecule has 0 atom stereocenters. The average molecular weight is 361 g/mol. The second-order valence-corrected chi connectivity index (χ2v) is 5.38. The number of benzene rings is 2. The van der Waals surface area contributed by atoms with Gasteiger partial charge in [-0.25, -0.2) is 4.39 Å². The van der Waals surface area contributed by atoms with Gasteiger partial charge in [0.25, 0.3) is 5.91 Å². The molecule has 1 aromatic heterocycles. The van der Waals surface area contributed by atoms with Crippen LogP contribution in [-0.4, -0.2) is 22.3 Å². The molecule has 0 aliphatic carbocycles. The molecule has 26 heavy (non-hydrogen) atoms. The Labute approximate surface area is 147 Å². The standard InChI is InChI=1S/C18H14F3N3O2/c19-14-5-1-12(2-6-14)11-24-10-9-16(23-24)22-17(25)13-3-7-15(8-4-13)26-18(20)21/h1-10,18H,11H2,(H,22,23,25). The van der Waals surface area contributed by atoms with Crippen molar-refractivity contribution in [3.05, 3.63) is 77.7 Å². The molecule has 0 spiro atoms. The van der Waals surface area contributed by atoms with Crippen LogP contribution in [-0.2, 0) is 6.54 Å². The predicted molar refractivity (Wildman–Crippen MR) is 88.8 cm³/mol. The van der Waals surface area contributed by atoms with E-state index >= 15 is 0 Å². The minimum absolute atomic E-state index is 0.0277. The minimum Gasteiger partial charge on any atom is -0.435 e. The van der Waals surface area contributed by atoms with Crippen molar-refractivity contribution in [1.29, 1.82) is 0 Å². The molecule has 0 unspecified atom stereocenters. The number of nitrogens with zero attached hydrogens (tertiary/aromatic N) is 2. The lowest BCUT2D eigenvalue weighted by atomic mass is 10.2. The zero-order valence-corrected chi connectivity index (χ0v) is 13.4. The third-order valence-corrected chi connectivity index (χ3v) is 3.48. The number of rotatable bonds is 6. The minimum atomic E-state index is -2.92. The monoisotopic (exact) mass is 361 g/mol. The van der Waals surface area contributed by atoms with Gasteiger partial charge in [0.05, 0.1) is 6.54 Å². The van der Waals surface area contributed by atoms with Gasteiger partial charge in [-0.2, -0.15) is 13.9 Å². The van der Waals surface area contributed by atoms with Crippen molar-refractivity contribution in [1.82, 2.24) is 9.78 Å². The van der Waals surface area contributed by atoms with Crippen molar-refractivity contribution in [2.75, 3.05) is 5.32 Å². The van der Waals surface area contributed by atoms with Gasteiger partial charge in [-0.3, -0.25) is 9.48 Å². The largest absolute Gasteiger partial charge is 0.435 e. The second kappa shape index (κ2) is 7.73. The molecule has 0 radical (unpaired) electrons. The number of aromatic nitrogens is 2. The zero-order valence-electron chi connectivity index (χ0n) is 13.4. The molecule has 0 aliphatic rings. The van der Waals surface area contributed by atoms with Crippen LogP contribution in [0.4, 0.5) is 19.0 Å². The van der Waals surface area contributed by atoms with Gasteiger partial charge in [0.15, 0.2) is 5.82 Å². The predicted octanol–water partition coefficient (Wildman–Crippen LogP) is 3.92. The van der Waals surface area contributed by atoms with E-state index in [1.54, 1.807) is 29.1 Å². The molecule has 0 saturated carbocycles. The summed E-state index contributed by atoms with van der Waals surface area (Å²) in [6, 6.07) is 13.0. The molecule has 134 valence electrons. The number of carbonyl (C=O) groups is 1. The van der Waals surface area contributed by atoms with Crippen molar-refractivity contribution in [2.24, 2.45) is 0 Å². The van der Waals surface area contributed by atoms with Crippen LogP contribution in [0.1, 0.15) is 15.9 Å². The van der Waals surface area contributed by atoms with Crippen LogP contribution in [0.3, 0.4) is 0 Å². The van der Waals surface area contributed by atoms with E-state index in [1.807, 2.05) is 0 Å². The first-order valence-corrected chi connectivity index (χ1v) is 7.64. The summed E-state index contributed by atoms with van der Waals surface area (Å²) in [6.45, 7) is -2.49.